The van der Waals surface area contributed by atoms with Crippen molar-refractivity contribution >= 4 is 171 Å². The number of nitrogens with zero attached hydrogens (tertiary/aromatic N) is 2. The maximum atomic E-state index is 13.5. The molecular weight excluding hydrogens is 1520 g/mol. The van der Waals surface area contributed by atoms with Gasteiger partial charge in [-0.1, -0.05) is 0 Å². The van der Waals surface area contributed by atoms with Gasteiger partial charge in [0.05, 0.1) is 107 Å². The Bertz CT molecular complexity index is 1880. The standard InChI is InChI=1S/C35H44I6N6O16/c1-15(54)46(62-29-25(38)19(31(58)42-3-5-48)23(36)21(27(29)40)33(60)44-7-17(56)9-50)11-35(13-52,14-53)12-47(16(2)55)63-30-26(39)20(32(59)43-4-6-49)24(37)22(28(30)41)34(61)45-8-18(57)10-51/h17-18,48-53,56-57H,3-14H2,1-2H3,(H,42,58)(H,43,59)(H,44,60)(H,45,61). The molecule has 0 heterocycles. The Morgan fingerprint density at radius 2 is 0.810 bits per heavy atom. The average molecular weight is 1570 g/mol. The van der Waals surface area contributed by atoms with Crippen LogP contribution in [-0.2, 0) is 9.59 Å². The van der Waals surface area contributed by atoms with Gasteiger partial charge >= 0.3 is 0 Å². The van der Waals surface area contributed by atoms with Crippen LogP contribution in [0, 0.1) is 26.8 Å². The molecule has 2 rings (SSSR count). The zero-order chi connectivity index (χ0) is 47.9. The van der Waals surface area contributed by atoms with Crippen LogP contribution in [0.4, 0.5) is 0 Å². The van der Waals surface area contributed by atoms with Gasteiger partial charge in [-0.15, -0.1) is 0 Å². The second-order valence-electron chi connectivity index (χ2n) is 13.2. The number of rotatable bonds is 24. The van der Waals surface area contributed by atoms with Crippen LogP contribution >= 0.6 is 136 Å². The maximum Gasteiger partial charge on any atom is 0.253 e. The second-order valence-corrected chi connectivity index (χ2v) is 19.7. The smallest absolute Gasteiger partial charge is 0.253 e. The zero-order valence-electron chi connectivity index (χ0n) is 33.1. The SMILES string of the molecule is CC(=O)N(CC(CO)(CO)CN(Oc1c(I)c(C(=O)NCCO)c(I)c(C(=O)NCC(O)CO)c1I)C(C)=O)Oc1c(I)c(C(=O)NCCO)c(I)c(C(=O)NCC(O)CO)c1I. The summed E-state index contributed by atoms with van der Waals surface area (Å²) in [6.07, 6.45) is -2.63. The van der Waals surface area contributed by atoms with E-state index in [9.17, 15) is 69.6 Å². The highest BCUT2D eigenvalue weighted by Gasteiger charge is 2.40. The van der Waals surface area contributed by atoms with Crippen LogP contribution in [0.5, 0.6) is 11.5 Å². The van der Waals surface area contributed by atoms with E-state index < -0.39 is 106 Å². The van der Waals surface area contributed by atoms with E-state index in [1.54, 1.807) is 136 Å². The van der Waals surface area contributed by atoms with Gasteiger partial charge < -0.3 is 71.8 Å². The first-order valence-electron chi connectivity index (χ1n) is 18.1. The summed E-state index contributed by atoms with van der Waals surface area (Å²) in [5, 5.41) is 90.1. The molecule has 28 heteroatoms. The maximum absolute atomic E-state index is 13.5. The third-order valence-corrected chi connectivity index (χ3v) is 14.7. The minimum atomic E-state index is -1.87. The fourth-order valence-electron chi connectivity index (χ4n) is 5.03. The number of aliphatic hydroxyl groups is 8. The van der Waals surface area contributed by atoms with Crippen molar-refractivity contribution in [1.82, 2.24) is 31.4 Å². The van der Waals surface area contributed by atoms with Crippen LogP contribution < -0.4 is 30.9 Å². The summed E-state index contributed by atoms with van der Waals surface area (Å²) in [5.41, 5.74) is -2.30. The zero-order valence-corrected chi connectivity index (χ0v) is 46.1. The molecule has 2 aromatic rings. The highest BCUT2D eigenvalue weighted by atomic mass is 127. The number of benzene rings is 2. The van der Waals surface area contributed by atoms with E-state index in [1.165, 1.54) is 0 Å². The van der Waals surface area contributed by atoms with Crippen molar-refractivity contribution in [2.45, 2.75) is 26.1 Å². The van der Waals surface area contributed by atoms with Crippen LogP contribution in [-0.4, -0.2) is 178 Å². The first-order valence-corrected chi connectivity index (χ1v) is 24.6. The van der Waals surface area contributed by atoms with Crippen molar-refractivity contribution in [3.63, 3.8) is 0 Å². The number of halogens is 6. The minimum Gasteiger partial charge on any atom is -0.396 e. The second kappa shape index (κ2) is 27.7. The Kier molecular flexibility index (Phi) is 25.5. The Morgan fingerprint density at radius 1 is 0.524 bits per heavy atom. The van der Waals surface area contributed by atoms with Gasteiger partial charge in [-0.25, -0.2) is 0 Å². The normalized spacial score (nSPS) is 12.2. The lowest BCUT2D eigenvalue weighted by molar-refractivity contribution is -0.178. The van der Waals surface area contributed by atoms with Gasteiger partial charge in [-0.05, 0) is 136 Å². The lowest BCUT2D eigenvalue weighted by Crippen LogP contribution is -2.53. The van der Waals surface area contributed by atoms with Gasteiger partial charge in [-0.3, -0.25) is 28.8 Å². The van der Waals surface area contributed by atoms with Crippen LogP contribution in [0.3, 0.4) is 0 Å². The van der Waals surface area contributed by atoms with Gasteiger partial charge in [0.1, 0.15) is 0 Å². The molecule has 2 unspecified atom stereocenters. The molecule has 0 bridgehead atoms. The van der Waals surface area contributed by atoms with E-state index in [1.807, 2.05) is 0 Å². The van der Waals surface area contributed by atoms with E-state index in [2.05, 4.69) is 21.3 Å². The summed E-state index contributed by atoms with van der Waals surface area (Å²) in [6, 6.07) is 0. The number of aliphatic hydroxyl groups excluding tert-OH is 8. The minimum absolute atomic E-state index is 0.0713. The Hall–Kier alpha value is -1.08. The summed E-state index contributed by atoms with van der Waals surface area (Å²) in [4.78, 5) is 92.7. The van der Waals surface area contributed by atoms with E-state index in [0.29, 0.717) is 0 Å². The highest BCUT2D eigenvalue weighted by molar-refractivity contribution is 14.1. The molecule has 0 saturated heterocycles. The molecule has 0 aliphatic carbocycles. The fourth-order valence-corrected chi connectivity index (χ4v) is 13.7. The number of hydroxylamine groups is 4. The molecule has 352 valence electrons. The molecule has 0 radical (unpaired) electrons. The summed E-state index contributed by atoms with van der Waals surface area (Å²) in [7, 11) is 0. The first-order chi connectivity index (χ1) is 29.6. The highest BCUT2D eigenvalue weighted by Crippen LogP contribution is 2.40. The molecule has 6 amide bonds. The molecule has 0 aliphatic rings. The number of hydrogen-bond donors (Lipinski definition) is 12. The topological polar surface area (TPSA) is 337 Å². The number of nitrogens with one attached hydrogen (secondary N) is 4. The molecule has 0 spiro atoms. The average Bonchev–Trinajstić information content (AvgIpc) is 3.24. The molecule has 63 heavy (non-hydrogen) atoms. The molecule has 2 aromatic carbocycles. The number of hydrogen-bond acceptors (Lipinski definition) is 16. The molecule has 0 aliphatic heterocycles. The van der Waals surface area contributed by atoms with Crippen molar-refractivity contribution in [1.29, 1.82) is 0 Å². The van der Waals surface area contributed by atoms with Crippen molar-refractivity contribution in [3.05, 3.63) is 43.7 Å². The molecule has 22 nitrogen and oxygen atoms in total. The van der Waals surface area contributed by atoms with Crippen molar-refractivity contribution in [3.8, 4) is 11.5 Å². The quantitative estimate of drug-likeness (QED) is 0.0438. The third-order valence-electron chi connectivity index (χ3n) is 8.41. The number of amides is 6. The summed E-state index contributed by atoms with van der Waals surface area (Å²) >= 11 is 10.6. The Labute approximate surface area is 442 Å². The predicted molar refractivity (Wildman–Crippen MR) is 272 cm³/mol. The molecular formula is C35H44I6N6O16. The van der Waals surface area contributed by atoms with E-state index >= 15 is 0 Å². The van der Waals surface area contributed by atoms with Gasteiger partial charge in [0.15, 0.2) is 11.5 Å². The van der Waals surface area contributed by atoms with Gasteiger partial charge in [0.25, 0.3) is 35.4 Å². The largest absolute Gasteiger partial charge is 0.396 e. The Balaban J connectivity index is 2.77. The van der Waals surface area contributed by atoms with Crippen molar-refractivity contribution < 1.29 is 79.3 Å². The summed E-state index contributed by atoms with van der Waals surface area (Å²) in [6.45, 7) is -4.26. The molecule has 12 N–H and O–H groups in total. The monoisotopic (exact) mass is 1570 g/mol. The van der Waals surface area contributed by atoms with Crippen LogP contribution in [0.25, 0.3) is 0 Å². The number of carbonyl (C=O) groups is 6. The van der Waals surface area contributed by atoms with Crippen LogP contribution in [0.2, 0.25) is 0 Å². The lowest BCUT2D eigenvalue weighted by Gasteiger charge is -2.38. The van der Waals surface area contributed by atoms with E-state index in [-0.39, 0.29) is 81.4 Å². The van der Waals surface area contributed by atoms with Crippen molar-refractivity contribution in [2.75, 3.05) is 78.9 Å². The lowest BCUT2D eigenvalue weighted by atomic mass is 9.89. The van der Waals surface area contributed by atoms with Crippen molar-refractivity contribution in [2.24, 2.45) is 5.41 Å². The third kappa shape index (κ3) is 15.5. The van der Waals surface area contributed by atoms with Gasteiger partial charge in [0.2, 0.25) is 0 Å². The van der Waals surface area contributed by atoms with E-state index in [0.717, 1.165) is 24.0 Å². The van der Waals surface area contributed by atoms with Gasteiger partial charge in [-0.2, -0.15) is 10.1 Å². The molecule has 0 aromatic heterocycles. The molecule has 0 fully saturated rings. The Morgan fingerprint density at radius 3 is 1.05 bits per heavy atom. The van der Waals surface area contributed by atoms with E-state index in [4.69, 9.17) is 9.68 Å². The number of carbonyl (C=O) groups excluding carboxylic acids is 6. The van der Waals surface area contributed by atoms with Crippen LogP contribution in [0.15, 0.2) is 0 Å². The van der Waals surface area contributed by atoms with Crippen LogP contribution in [0.1, 0.15) is 55.3 Å². The predicted octanol–water partition coefficient (Wildman–Crippen LogP) is -1.12. The summed E-state index contributed by atoms with van der Waals surface area (Å²) < 4.78 is 0.579. The molecule has 0 saturated carbocycles. The van der Waals surface area contributed by atoms with Gasteiger partial charge in [0, 0.05) is 47.2 Å². The molecule has 2 atom stereocenters. The fraction of sp³-hybridized carbons (Fsp3) is 0.486. The summed E-state index contributed by atoms with van der Waals surface area (Å²) in [5.74, 6) is -5.09. The first kappa shape index (κ1) is 58.0.